The summed E-state index contributed by atoms with van der Waals surface area (Å²) >= 11 is 0. The Kier molecular flexibility index (Phi) is 36.8. The summed E-state index contributed by atoms with van der Waals surface area (Å²) in [6.45, 7) is 4.11. The Labute approximate surface area is 306 Å². The van der Waals surface area contributed by atoms with Crippen LogP contribution >= 0.6 is 7.82 Å². The highest BCUT2D eigenvalue weighted by molar-refractivity contribution is 7.47. The highest BCUT2D eigenvalue weighted by atomic mass is 31.2. The average Bonchev–Trinajstić information content (AvgIpc) is 3.11. The van der Waals surface area contributed by atoms with Crippen molar-refractivity contribution in [2.24, 2.45) is 5.73 Å². The standard InChI is InChI=1S/C41H74NO7P/c1-3-5-7-9-11-13-15-17-19-21-23-25-27-29-31-33-36-46-40(39-49-50(44,45)48-37-35-42)38-47-41(43)34-32-30-28-26-24-22-20-18-16-14-12-10-8-6-4-2/h12-15,18,20,24,26,33,36,40H,3-11,16-17,19,21-23,25,27-32,34-35,37-39,42H2,1-2H3,(H,44,45)/b14-12-,15-13-,20-18-,26-24-,36-33-/t40-/m1/s1. The van der Waals surface area contributed by atoms with E-state index >= 15 is 0 Å². The summed E-state index contributed by atoms with van der Waals surface area (Å²) < 4.78 is 33.1. The van der Waals surface area contributed by atoms with Crippen LogP contribution in [-0.4, -0.2) is 43.3 Å². The Hall–Kier alpha value is -1.96. The number of carbonyl (C=O) groups is 1. The Morgan fingerprint density at radius 1 is 0.620 bits per heavy atom. The molecule has 0 heterocycles. The molecule has 290 valence electrons. The number of esters is 1. The molecule has 0 aliphatic heterocycles. The van der Waals surface area contributed by atoms with Gasteiger partial charge in [0, 0.05) is 13.0 Å². The lowest BCUT2D eigenvalue weighted by Crippen LogP contribution is -2.25. The van der Waals surface area contributed by atoms with E-state index in [9.17, 15) is 14.3 Å². The number of unbranched alkanes of at least 4 members (excludes halogenated alkanes) is 16. The van der Waals surface area contributed by atoms with Crippen LogP contribution in [0, 0.1) is 0 Å². The zero-order valence-corrected chi connectivity index (χ0v) is 32.8. The van der Waals surface area contributed by atoms with Crippen molar-refractivity contribution in [2.45, 2.75) is 168 Å². The fourth-order valence-electron chi connectivity index (χ4n) is 4.98. The second-order valence-electron chi connectivity index (χ2n) is 12.8. The number of hydrogen-bond acceptors (Lipinski definition) is 7. The largest absolute Gasteiger partial charge is 0.492 e. The molecule has 1 unspecified atom stereocenters. The second kappa shape index (κ2) is 38.3. The first-order valence-electron chi connectivity index (χ1n) is 19.8. The van der Waals surface area contributed by atoms with E-state index in [1.54, 1.807) is 6.26 Å². The molecule has 0 bridgehead atoms. The Morgan fingerprint density at radius 3 is 1.66 bits per heavy atom. The minimum atomic E-state index is -4.28. The predicted octanol–water partition coefficient (Wildman–Crippen LogP) is 11.8. The molecule has 3 N–H and O–H groups in total. The average molecular weight is 724 g/mol. The molecule has 0 aromatic rings. The van der Waals surface area contributed by atoms with E-state index in [0.717, 1.165) is 51.4 Å². The summed E-state index contributed by atoms with van der Waals surface area (Å²) in [6.07, 6.45) is 46.2. The van der Waals surface area contributed by atoms with E-state index in [4.69, 9.17) is 24.3 Å². The number of allylic oxidation sites excluding steroid dienone is 9. The van der Waals surface area contributed by atoms with E-state index in [1.807, 2.05) is 6.08 Å². The van der Waals surface area contributed by atoms with Crippen LogP contribution < -0.4 is 5.73 Å². The van der Waals surface area contributed by atoms with Gasteiger partial charge in [-0.2, -0.15) is 0 Å². The van der Waals surface area contributed by atoms with Crippen molar-refractivity contribution in [1.29, 1.82) is 0 Å². The third-order valence-electron chi connectivity index (χ3n) is 8.00. The van der Waals surface area contributed by atoms with Gasteiger partial charge in [0.1, 0.15) is 6.61 Å². The van der Waals surface area contributed by atoms with Gasteiger partial charge in [-0.25, -0.2) is 4.57 Å². The molecule has 0 aliphatic carbocycles. The van der Waals surface area contributed by atoms with Crippen molar-refractivity contribution in [3.05, 3.63) is 60.9 Å². The first kappa shape index (κ1) is 48.0. The van der Waals surface area contributed by atoms with Gasteiger partial charge in [0.05, 0.1) is 19.5 Å². The number of hydrogen-bond donors (Lipinski definition) is 2. The van der Waals surface area contributed by atoms with Gasteiger partial charge in [-0.15, -0.1) is 0 Å². The fraction of sp³-hybridized carbons (Fsp3) is 0.732. The molecule has 9 heteroatoms. The number of carbonyl (C=O) groups excluding carboxylic acids is 1. The molecule has 0 saturated carbocycles. The van der Waals surface area contributed by atoms with E-state index in [0.29, 0.717) is 6.42 Å². The van der Waals surface area contributed by atoms with Crippen molar-refractivity contribution in [3.63, 3.8) is 0 Å². The number of rotatable bonds is 37. The Morgan fingerprint density at radius 2 is 1.08 bits per heavy atom. The molecule has 0 amide bonds. The Bertz CT molecular complexity index is 947. The zero-order chi connectivity index (χ0) is 36.6. The van der Waals surface area contributed by atoms with Crippen LogP contribution in [0.3, 0.4) is 0 Å². The smallest absolute Gasteiger partial charge is 0.472 e. The maximum absolute atomic E-state index is 12.3. The third-order valence-corrected chi connectivity index (χ3v) is 8.98. The molecule has 50 heavy (non-hydrogen) atoms. The van der Waals surface area contributed by atoms with Crippen LogP contribution in [0.5, 0.6) is 0 Å². The van der Waals surface area contributed by atoms with Crippen molar-refractivity contribution < 1.29 is 32.8 Å². The number of phosphoric ester groups is 1. The van der Waals surface area contributed by atoms with Crippen molar-refractivity contribution in [3.8, 4) is 0 Å². The molecule has 0 fully saturated rings. The molecular formula is C41H74NO7P. The summed E-state index contributed by atoms with van der Waals surface area (Å²) in [5, 5.41) is 0. The van der Waals surface area contributed by atoms with Gasteiger partial charge in [-0.1, -0.05) is 120 Å². The molecular weight excluding hydrogens is 649 g/mol. The Balaban J connectivity index is 4.22. The summed E-state index contributed by atoms with van der Waals surface area (Å²) in [5.74, 6) is -0.331. The van der Waals surface area contributed by atoms with Gasteiger partial charge in [-0.3, -0.25) is 13.8 Å². The predicted molar refractivity (Wildman–Crippen MR) is 210 cm³/mol. The second-order valence-corrected chi connectivity index (χ2v) is 14.3. The molecule has 0 radical (unpaired) electrons. The van der Waals surface area contributed by atoms with Crippen molar-refractivity contribution >= 4 is 13.8 Å². The molecule has 0 aromatic carbocycles. The summed E-state index contributed by atoms with van der Waals surface area (Å²) in [6, 6.07) is 0. The van der Waals surface area contributed by atoms with Gasteiger partial charge >= 0.3 is 13.8 Å². The fourth-order valence-corrected chi connectivity index (χ4v) is 5.75. The first-order chi connectivity index (χ1) is 24.4. The summed E-state index contributed by atoms with van der Waals surface area (Å²) in [7, 11) is -4.28. The number of nitrogens with two attached hydrogens (primary N) is 1. The van der Waals surface area contributed by atoms with Crippen LogP contribution in [0.15, 0.2) is 60.9 Å². The summed E-state index contributed by atoms with van der Waals surface area (Å²) in [4.78, 5) is 22.2. The van der Waals surface area contributed by atoms with Gasteiger partial charge in [0.15, 0.2) is 6.10 Å². The maximum atomic E-state index is 12.3. The van der Waals surface area contributed by atoms with E-state index in [-0.39, 0.29) is 32.3 Å². The normalized spacial score (nSPS) is 14.2. The zero-order valence-electron chi connectivity index (χ0n) is 31.9. The monoisotopic (exact) mass is 724 g/mol. The number of ether oxygens (including phenoxy) is 2. The summed E-state index contributed by atoms with van der Waals surface area (Å²) in [5.41, 5.74) is 5.35. The minimum absolute atomic E-state index is 0.0890. The van der Waals surface area contributed by atoms with Gasteiger partial charge < -0.3 is 20.1 Å². The minimum Gasteiger partial charge on any atom is -0.492 e. The lowest BCUT2D eigenvalue weighted by Gasteiger charge is -2.19. The highest BCUT2D eigenvalue weighted by Gasteiger charge is 2.24. The lowest BCUT2D eigenvalue weighted by atomic mass is 10.1. The van der Waals surface area contributed by atoms with Crippen LogP contribution in [-0.2, 0) is 27.9 Å². The molecule has 0 spiro atoms. The van der Waals surface area contributed by atoms with Gasteiger partial charge in [-0.05, 0) is 89.5 Å². The van der Waals surface area contributed by atoms with Crippen LogP contribution in [0.2, 0.25) is 0 Å². The SMILES string of the molecule is CCCCC/C=C\C/C=C\C/C=C\CCCCC(=O)OC[C@H](COP(=O)(O)OCCN)O/C=C\CCCCCCCC/C=C\CCCCCC. The van der Waals surface area contributed by atoms with Gasteiger partial charge in [0.2, 0.25) is 0 Å². The molecule has 0 rings (SSSR count). The quantitative estimate of drug-likeness (QED) is 0.0214. The lowest BCUT2D eigenvalue weighted by molar-refractivity contribution is -0.147. The number of phosphoric acid groups is 1. The third kappa shape index (κ3) is 37.3. The van der Waals surface area contributed by atoms with Gasteiger partial charge in [0.25, 0.3) is 0 Å². The van der Waals surface area contributed by atoms with E-state index in [1.165, 1.54) is 89.9 Å². The van der Waals surface area contributed by atoms with E-state index in [2.05, 4.69) is 62.5 Å². The van der Waals surface area contributed by atoms with Crippen LogP contribution in [0.1, 0.15) is 162 Å². The molecule has 2 atom stereocenters. The molecule has 0 aromatic heterocycles. The topological polar surface area (TPSA) is 117 Å². The first-order valence-corrected chi connectivity index (χ1v) is 21.3. The van der Waals surface area contributed by atoms with Crippen LogP contribution in [0.4, 0.5) is 0 Å². The van der Waals surface area contributed by atoms with Crippen molar-refractivity contribution in [2.75, 3.05) is 26.4 Å². The van der Waals surface area contributed by atoms with E-state index < -0.39 is 13.9 Å². The molecule has 8 nitrogen and oxygen atoms in total. The van der Waals surface area contributed by atoms with Crippen molar-refractivity contribution in [1.82, 2.24) is 0 Å². The highest BCUT2D eigenvalue weighted by Crippen LogP contribution is 2.43. The van der Waals surface area contributed by atoms with Crippen LogP contribution in [0.25, 0.3) is 0 Å². The molecule has 0 saturated heterocycles. The maximum Gasteiger partial charge on any atom is 0.472 e. The molecule has 0 aliphatic rings.